The number of nitrogens with zero attached hydrogens (tertiary/aromatic N) is 1. The third kappa shape index (κ3) is 2.52. The van der Waals surface area contributed by atoms with Crippen molar-refractivity contribution in [2.75, 3.05) is 6.54 Å². The zero-order chi connectivity index (χ0) is 10.6. The van der Waals surface area contributed by atoms with Gasteiger partial charge in [0, 0.05) is 18.3 Å². The van der Waals surface area contributed by atoms with E-state index in [-0.39, 0.29) is 5.78 Å². The third-order valence-corrected chi connectivity index (χ3v) is 2.09. The molecular formula is C12H15NO. The summed E-state index contributed by atoms with van der Waals surface area (Å²) in [5.41, 5.74) is 2.93. The Kier molecular flexibility index (Phi) is 3.57. The molecule has 74 valence electrons. The van der Waals surface area contributed by atoms with E-state index in [9.17, 15) is 4.79 Å². The second-order valence-corrected chi connectivity index (χ2v) is 3.26. The molecule has 14 heavy (non-hydrogen) atoms. The number of Topliss-reactive ketones (excluding diaryl/α,β-unsaturated/α-hetero) is 1. The number of hydrogen-bond donors (Lipinski definition) is 0. The van der Waals surface area contributed by atoms with Crippen LogP contribution in [0.3, 0.4) is 0 Å². The molecule has 0 N–H and O–H groups in total. The number of rotatable bonds is 3. The molecule has 2 nitrogen and oxygen atoms in total. The van der Waals surface area contributed by atoms with E-state index >= 15 is 0 Å². The Morgan fingerprint density at radius 2 is 2.21 bits per heavy atom. The second kappa shape index (κ2) is 4.70. The molecule has 1 rings (SSSR count). The number of hydrogen-bond acceptors (Lipinski definition) is 2. The number of carbonyl (C=O) groups excluding carboxylic acids is 1. The standard InChI is InChI=1S/C12H15NO/c1-4-13-8-12-6-5-11(10(3)14)7-9(12)2/h5-8H,4H2,1-3H3. The van der Waals surface area contributed by atoms with Crippen LogP contribution in [0.2, 0.25) is 0 Å². The lowest BCUT2D eigenvalue weighted by Gasteiger charge is -2.01. The van der Waals surface area contributed by atoms with Gasteiger partial charge in [0.15, 0.2) is 5.78 Å². The van der Waals surface area contributed by atoms with Crippen LogP contribution in [0.5, 0.6) is 0 Å². The van der Waals surface area contributed by atoms with Crippen molar-refractivity contribution in [1.82, 2.24) is 0 Å². The normalized spacial score (nSPS) is 10.8. The van der Waals surface area contributed by atoms with Gasteiger partial charge >= 0.3 is 0 Å². The molecule has 1 aromatic rings. The summed E-state index contributed by atoms with van der Waals surface area (Å²) in [6.45, 7) is 6.35. The van der Waals surface area contributed by atoms with Crippen molar-refractivity contribution in [2.24, 2.45) is 4.99 Å². The van der Waals surface area contributed by atoms with Gasteiger partial charge < -0.3 is 0 Å². The first kappa shape index (κ1) is 10.6. The second-order valence-electron chi connectivity index (χ2n) is 3.26. The summed E-state index contributed by atoms with van der Waals surface area (Å²) < 4.78 is 0. The van der Waals surface area contributed by atoms with Gasteiger partial charge in [-0.25, -0.2) is 0 Å². The highest BCUT2D eigenvalue weighted by Crippen LogP contribution is 2.09. The molecule has 2 heteroatoms. The zero-order valence-electron chi connectivity index (χ0n) is 8.87. The molecule has 0 bridgehead atoms. The average Bonchev–Trinajstić information content (AvgIpc) is 2.15. The van der Waals surface area contributed by atoms with Gasteiger partial charge in [-0.2, -0.15) is 0 Å². The van der Waals surface area contributed by atoms with Crippen molar-refractivity contribution in [3.63, 3.8) is 0 Å². The first-order chi connectivity index (χ1) is 6.65. The Balaban J connectivity index is 3.01. The number of benzene rings is 1. The molecule has 0 heterocycles. The van der Waals surface area contributed by atoms with Crippen LogP contribution in [0.15, 0.2) is 23.2 Å². The van der Waals surface area contributed by atoms with Gasteiger partial charge in [-0.3, -0.25) is 9.79 Å². The van der Waals surface area contributed by atoms with Gasteiger partial charge in [0.05, 0.1) is 0 Å². The van der Waals surface area contributed by atoms with Gasteiger partial charge in [0.1, 0.15) is 0 Å². The van der Waals surface area contributed by atoms with E-state index in [1.54, 1.807) is 6.92 Å². The van der Waals surface area contributed by atoms with Crippen molar-refractivity contribution in [3.8, 4) is 0 Å². The van der Waals surface area contributed by atoms with Gasteiger partial charge in [-0.15, -0.1) is 0 Å². The number of aryl methyl sites for hydroxylation is 1. The van der Waals surface area contributed by atoms with Crippen molar-refractivity contribution in [3.05, 3.63) is 34.9 Å². The summed E-state index contributed by atoms with van der Waals surface area (Å²) in [5, 5.41) is 0. The molecule has 0 saturated heterocycles. The van der Waals surface area contributed by atoms with Crippen LogP contribution >= 0.6 is 0 Å². The first-order valence-electron chi connectivity index (χ1n) is 4.76. The molecule has 0 aliphatic rings. The lowest BCUT2D eigenvalue weighted by atomic mass is 10.0. The quantitative estimate of drug-likeness (QED) is 0.531. The van der Waals surface area contributed by atoms with Gasteiger partial charge in [0.25, 0.3) is 0 Å². The Labute approximate surface area is 84.7 Å². The van der Waals surface area contributed by atoms with E-state index in [2.05, 4.69) is 4.99 Å². The minimum absolute atomic E-state index is 0.104. The van der Waals surface area contributed by atoms with E-state index in [0.29, 0.717) is 0 Å². The van der Waals surface area contributed by atoms with Gasteiger partial charge in [-0.1, -0.05) is 12.1 Å². The van der Waals surface area contributed by atoms with E-state index in [4.69, 9.17) is 0 Å². The van der Waals surface area contributed by atoms with Crippen LogP contribution in [-0.4, -0.2) is 18.5 Å². The molecule has 0 atom stereocenters. The molecule has 0 amide bonds. The number of carbonyl (C=O) groups is 1. The molecule has 0 aromatic heterocycles. The SMILES string of the molecule is CCN=Cc1ccc(C(C)=O)cc1C. The Morgan fingerprint density at radius 1 is 1.50 bits per heavy atom. The van der Waals surface area contributed by atoms with E-state index in [0.717, 1.165) is 23.2 Å². The molecule has 0 aliphatic carbocycles. The molecule has 0 spiro atoms. The highest BCUT2D eigenvalue weighted by molar-refractivity contribution is 5.95. The molecule has 0 unspecified atom stereocenters. The Bertz CT molecular complexity index is 367. The van der Waals surface area contributed by atoms with Crippen LogP contribution in [0, 0.1) is 6.92 Å². The largest absolute Gasteiger partial charge is 0.295 e. The molecule has 0 fully saturated rings. The predicted octanol–water partition coefficient (Wildman–Crippen LogP) is 2.64. The maximum Gasteiger partial charge on any atom is 0.159 e. The van der Waals surface area contributed by atoms with Crippen LogP contribution in [-0.2, 0) is 0 Å². The Morgan fingerprint density at radius 3 is 2.71 bits per heavy atom. The summed E-state index contributed by atoms with van der Waals surface area (Å²) in [6.07, 6.45) is 1.85. The molecular weight excluding hydrogens is 174 g/mol. The van der Waals surface area contributed by atoms with Crippen molar-refractivity contribution < 1.29 is 4.79 Å². The smallest absolute Gasteiger partial charge is 0.159 e. The molecule has 1 aromatic carbocycles. The summed E-state index contributed by atoms with van der Waals surface area (Å²) in [4.78, 5) is 15.3. The van der Waals surface area contributed by atoms with Crippen LogP contribution < -0.4 is 0 Å². The van der Waals surface area contributed by atoms with E-state index in [1.165, 1.54) is 0 Å². The highest BCUT2D eigenvalue weighted by Gasteiger charge is 2.01. The minimum Gasteiger partial charge on any atom is -0.295 e. The number of ketones is 1. The van der Waals surface area contributed by atoms with Crippen LogP contribution in [0.1, 0.15) is 35.3 Å². The summed E-state index contributed by atoms with van der Waals surface area (Å²) in [5.74, 6) is 0.104. The molecule has 0 aliphatic heterocycles. The van der Waals surface area contributed by atoms with Crippen LogP contribution in [0.25, 0.3) is 0 Å². The van der Waals surface area contributed by atoms with Crippen molar-refractivity contribution >= 4 is 12.0 Å². The third-order valence-electron chi connectivity index (χ3n) is 2.09. The highest BCUT2D eigenvalue weighted by atomic mass is 16.1. The number of aliphatic imine (C=N–C) groups is 1. The monoisotopic (exact) mass is 189 g/mol. The zero-order valence-corrected chi connectivity index (χ0v) is 8.87. The Hall–Kier alpha value is -1.44. The first-order valence-corrected chi connectivity index (χ1v) is 4.76. The summed E-state index contributed by atoms with van der Waals surface area (Å²) in [6, 6.07) is 5.68. The maximum atomic E-state index is 11.1. The van der Waals surface area contributed by atoms with Crippen molar-refractivity contribution in [2.45, 2.75) is 20.8 Å². The topological polar surface area (TPSA) is 29.4 Å². The van der Waals surface area contributed by atoms with Crippen LogP contribution in [0.4, 0.5) is 0 Å². The maximum absolute atomic E-state index is 11.1. The van der Waals surface area contributed by atoms with Crippen molar-refractivity contribution in [1.29, 1.82) is 0 Å². The summed E-state index contributed by atoms with van der Waals surface area (Å²) >= 11 is 0. The fourth-order valence-electron chi connectivity index (χ4n) is 1.23. The lowest BCUT2D eigenvalue weighted by molar-refractivity contribution is 0.101. The van der Waals surface area contributed by atoms with E-state index < -0.39 is 0 Å². The average molecular weight is 189 g/mol. The molecule has 0 saturated carbocycles. The van der Waals surface area contributed by atoms with Gasteiger partial charge in [0.2, 0.25) is 0 Å². The molecule has 0 radical (unpaired) electrons. The fourth-order valence-corrected chi connectivity index (χ4v) is 1.23. The fraction of sp³-hybridized carbons (Fsp3) is 0.333. The summed E-state index contributed by atoms with van der Waals surface area (Å²) in [7, 11) is 0. The predicted molar refractivity (Wildman–Crippen MR) is 59.3 cm³/mol. The lowest BCUT2D eigenvalue weighted by Crippen LogP contribution is -1.95. The minimum atomic E-state index is 0.104. The van der Waals surface area contributed by atoms with Gasteiger partial charge in [-0.05, 0) is 38.0 Å². The van der Waals surface area contributed by atoms with E-state index in [1.807, 2.05) is 38.3 Å².